The highest BCUT2D eigenvalue weighted by atomic mass is 16.2. The van der Waals surface area contributed by atoms with Crippen molar-refractivity contribution in [2.75, 3.05) is 26.7 Å². The minimum absolute atomic E-state index is 0.0670. The van der Waals surface area contributed by atoms with Gasteiger partial charge in [-0.05, 0) is 42.5 Å². The fourth-order valence-electron chi connectivity index (χ4n) is 4.60. The zero-order valence-corrected chi connectivity index (χ0v) is 14.7. The van der Waals surface area contributed by atoms with Gasteiger partial charge in [-0.25, -0.2) is 0 Å². The highest BCUT2D eigenvalue weighted by molar-refractivity contribution is 5.86. The first-order chi connectivity index (χ1) is 11.2. The number of primary amides is 1. The first-order valence-corrected chi connectivity index (χ1v) is 8.40. The average Bonchev–Trinajstić information content (AvgIpc) is 2.84. The predicted molar refractivity (Wildman–Crippen MR) is 90.7 cm³/mol. The molecule has 130 valence electrons. The zero-order valence-electron chi connectivity index (χ0n) is 14.7. The van der Waals surface area contributed by atoms with Gasteiger partial charge in [-0.3, -0.25) is 19.5 Å². The van der Waals surface area contributed by atoms with Gasteiger partial charge in [0.15, 0.2) is 0 Å². The fraction of sp³-hybridized carbons (Fsp3) is 0.611. The molecule has 2 amide bonds. The standard InChI is InChI=1S/C18H26N4O2/c1-17(2)11-18(16(19)24)12-22(9-14(17)18)15(23)10-21(3)8-13-4-6-20-7-5-13/h4-7,14H,8-12H2,1-3H3,(H2,19,24)/t14-,18+/m1/s1. The number of amides is 2. The van der Waals surface area contributed by atoms with Gasteiger partial charge >= 0.3 is 0 Å². The molecule has 1 saturated heterocycles. The third-order valence-corrected chi connectivity index (χ3v) is 5.71. The number of nitrogens with two attached hydrogens (primary N) is 1. The van der Waals surface area contributed by atoms with Crippen LogP contribution in [0.2, 0.25) is 0 Å². The summed E-state index contributed by atoms with van der Waals surface area (Å²) in [6.45, 7) is 6.45. The van der Waals surface area contributed by atoms with Crippen LogP contribution in [0.4, 0.5) is 0 Å². The van der Waals surface area contributed by atoms with Crippen molar-refractivity contribution in [3.05, 3.63) is 30.1 Å². The molecule has 6 heteroatoms. The van der Waals surface area contributed by atoms with Gasteiger partial charge in [0.1, 0.15) is 0 Å². The summed E-state index contributed by atoms with van der Waals surface area (Å²) in [5.41, 5.74) is 6.35. The molecular weight excluding hydrogens is 304 g/mol. The number of likely N-dealkylation sites (tertiary alicyclic amines) is 1. The van der Waals surface area contributed by atoms with Crippen molar-refractivity contribution in [1.29, 1.82) is 0 Å². The lowest BCUT2D eigenvalue weighted by Crippen LogP contribution is -2.59. The number of carbonyl (C=O) groups is 2. The van der Waals surface area contributed by atoms with Crippen LogP contribution < -0.4 is 5.73 Å². The Kier molecular flexibility index (Phi) is 4.11. The lowest BCUT2D eigenvalue weighted by molar-refractivity contribution is -0.148. The zero-order chi connectivity index (χ0) is 17.5. The molecule has 2 fully saturated rings. The van der Waals surface area contributed by atoms with Gasteiger partial charge in [0.25, 0.3) is 0 Å². The van der Waals surface area contributed by atoms with Crippen molar-refractivity contribution in [2.24, 2.45) is 22.5 Å². The van der Waals surface area contributed by atoms with Crippen molar-refractivity contribution in [2.45, 2.75) is 26.8 Å². The lowest BCUT2D eigenvalue weighted by Gasteiger charge is -2.54. The van der Waals surface area contributed by atoms with E-state index in [0.29, 0.717) is 26.2 Å². The minimum atomic E-state index is -0.511. The summed E-state index contributed by atoms with van der Waals surface area (Å²) >= 11 is 0. The number of carbonyl (C=O) groups excluding carboxylic acids is 2. The monoisotopic (exact) mass is 330 g/mol. The van der Waals surface area contributed by atoms with Gasteiger partial charge in [0.05, 0.1) is 12.0 Å². The topological polar surface area (TPSA) is 79.5 Å². The van der Waals surface area contributed by atoms with Crippen LogP contribution >= 0.6 is 0 Å². The molecule has 1 aliphatic carbocycles. The normalized spacial score (nSPS) is 27.7. The summed E-state index contributed by atoms with van der Waals surface area (Å²) in [7, 11) is 1.93. The molecule has 0 aromatic carbocycles. The summed E-state index contributed by atoms with van der Waals surface area (Å²) in [4.78, 5) is 32.4. The Hall–Kier alpha value is -1.95. The maximum Gasteiger partial charge on any atom is 0.236 e. The van der Waals surface area contributed by atoms with E-state index in [1.807, 2.05) is 29.0 Å². The summed E-state index contributed by atoms with van der Waals surface area (Å²) < 4.78 is 0. The molecule has 0 radical (unpaired) electrons. The van der Waals surface area contributed by atoms with Crippen molar-refractivity contribution in [3.8, 4) is 0 Å². The lowest BCUT2D eigenvalue weighted by atomic mass is 9.48. The molecule has 2 heterocycles. The molecule has 2 atom stereocenters. The molecule has 0 spiro atoms. The first kappa shape index (κ1) is 16.9. The van der Waals surface area contributed by atoms with Crippen LogP contribution in [0.5, 0.6) is 0 Å². The first-order valence-electron chi connectivity index (χ1n) is 8.40. The third kappa shape index (κ3) is 2.79. The van der Waals surface area contributed by atoms with E-state index in [2.05, 4.69) is 18.8 Å². The Labute approximate surface area is 143 Å². The number of hydrogen-bond acceptors (Lipinski definition) is 4. The SMILES string of the molecule is CN(CC(=O)N1C[C@@H]2C(C)(C)C[C@]2(C(N)=O)C1)Cc1ccncc1. The quantitative estimate of drug-likeness (QED) is 0.869. The molecule has 1 aromatic rings. The second-order valence-electron chi connectivity index (χ2n) is 8.04. The molecule has 6 nitrogen and oxygen atoms in total. The fourth-order valence-corrected chi connectivity index (χ4v) is 4.60. The van der Waals surface area contributed by atoms with Crippen LogP contribution in [0.1, 0.15) is 25.8 Å². The van der Waals surface area contributed by atoms with E-state index in [0.717, 1.165) is 12.0 Å². The Balaban J connectivity index is 1.61. The van der Waals surface area contributed by atoms with Gasteiger partial charge in [-0.1, -0.05) is 13.8 Å². The molecule has 2 N–H and O–H groups in total. The molecular formula is C18H26N4O2. The van der Waals surface area contributed by atoms with Crippen LogP contribution in [0.3, 0.4) is 0 Å². The summed E-state index contributed by atoms with van der Waals surface area (Å²) in [5, 5.41) is 0. The van der Waals surface area contributed by atoms with E-state index >= 15 is 0 Å². The molecule has 0 unspecified atom stereocenters. The number of fused-ring (bicyclic) bond motifs is 1. The highest BCUT2D eigenvalue weighted by Gasteiger charge is 2.66. The molecule has 2 aliphatic rings. The second kappa shape index (κ2) is 5.84. The van der Waals surface area contributed by atoms with Gasteiger partial charge < -0.3 is 10.6 Å². The van der Waals surface area contributed by atoms with Crippen molar-refractivity contribution < 1.29 is 9.59 Å². The summed E-state index contributed by atoms with van der Waals surface area (Å²) in [6.07, 6.45) is 4.28. The molecule has 1 aromatic heterocycles. The van der Waals surface area contributed by atoms with E-state index in [4.69, 9.17) is 5.73 Å². The molecule has 1 saturated carbocycles. The third-order valence-electron chi connectivity index (χ3n) is 5.71. The Morgan fingerprint density at radius 3 is 2.58 bits per heavy atom. The number of rotatable bonds is 5. The van der Waals surface area contributed by atoms with Gasteiger partial charge in [-0.15, -0.1) is 0 Å². The number of hydrogen-bond donors (Lipinski definition) is 1. The molecule has 0 bridgehead atoms. The maximum absolute atomic E-state index is 12.7. The second-order valence-corrected chi connectivity index (χ2v) is 8.04. The number of pyridine rings is 1. The van der Waals surface area contributed by atoms with Crippen molar-refractivity contribution >= 4 is 11.8 Å². The number of likely N-dealkylation sites (N-methyl/N-ethyl adjacent to an activating group) is 1. The number of aromatic nitrogens is 1. The van der Waals surface area contributed by atoms with Gasteiger partial charge in [-0.2, -0.15) is 0 Å². The Morgan fingerprint density at radius 2 is 2.04 bits per heavy atom. The van der Waals surface area contributed by atoms with Crippen molar-refractivity contribution in [3.63, 3.8) is 0 Å². The van der Waals surface area contributed by atoms with Crippen LogP contribution in [0, 0.1) is 16.7 Å². The van der Waals surface area contributed by atoms with E-state index in [1.165, 1.54) is 0 Å². The van der Waals surface area contributed by atoms with E-state index < -0.39 is 5.41 Å². The summed E-state index contributed by atoms with van der Waals surface area (Å²) in [6, 6.07) is 3.89. The maximum atomic E-state index is 12.7. The average molecular weight is 330 g/mol. The molecule has 1 aliphatic heterocycles. The highest BCUT2D eigenvalue weighted by Crippen LogP contribution is 2.62. The van der Waals surface area contributed by atoms with E-state index in [-0.39, 0.29) is 23.1 Å². The largest absolute Gasteiger partial charge is 0.369 e. The van der Waals surface area contributed by atoms with Crippen molar-refractivity contribution in [1.82, 2.24) is 14.8 Å². The summed E-state index contributed by atoms with van der Waals surface area (Å²) in [5.74, 6) is -0.0124. The molecule has 24 heavy (non-hydrogen) atoms. The Morgan fingerprint density at radius 1 is 1.38 bits per heavy atom. The predicted octanol–water partition coefficient (Wildman–Crippen LogP) is 0.873. The van der Waals surface area contributed by atoms with Gasteiger partial charge in [0.2, 0.25) is 11.8 Å². The van der Waals surface area contributed by atoms with Crippen LogP contribution in [-0.2, 0) is 16.1 Å². The molecule has 3 rings (SSSR count). The van der Waals surface area contributed by atoms with Crippen LogP contribution in [-0.4, -0.2) is 53.3 Å². The smallest absolute Gasteiger partial charge is 0.236 e. The minimum Gasteiger partial charge on any atom is -0.369 e. The number of nitrogens with zero attached hydrogens (tertiary/aromatic N) is 3. The van der Waals surface area contributed by atoms with E-state index in [1.54, 1.807) is 12.4 Å². The van der Waals surface area contributed by atoms with Crippen LogP contribution in [0.25, 0.3) is 0 Å². The Bertz CT molecular complexity index is 646. The van der Waals surface area contributed by atoms with Crippen LogP contribution in [0.15, 0.2) is 24.5 Å². The van der Waals surface area contributed by atoms with Gasteiger partial charge in [0, 0.05) is 32.0 Å². The van der Waals surface area contributed by atoms with E-state index in [9.17, 15) is 9.59 Å².